The van der Waals surface area contributed by atoms with Crippen molar-refractivity contribution in [3.8, 4) is 5.75 Å². The first-order valence-electron chi connectivity index (χ1n) is 6.01. The predicted molar refractivity (Wildman–Crippen MR) is 67.3 cm³/mol. The molecule has 0 amide bonds. The molecule has 2 rings (SSSR count). The van der Waals surface area contributed by atoms with Crippen LogP contribution in [0.1, 0.15) is 26.2 Å². The zero-order valence-corrected chi connectivity index (χ0v) is 10.0. The van der Waals surface area contributed by atoms with Gasteiger partial charge < -0.3 is 10.0 Å². The molecular formula is C13H18N2O2. The molecule has 92 valence electrons. The molecule has 0 saturated carbocycles. The van der Waals surface area contributed by atoms with Crippen molar-refractivity contribution in [1.82, 2.24) is 10.2 Å². The standard InChI is InChI=1S/C13H18N2O2/c1-2-3-4-8-14-17-12-5-6-13-11(10-12)7-9-15(13)16/h5-7,9-10,14,16H,2-4,8H2,1H3. The van der Waals surface area contributed by atoms with Gasteiger partial charge >= 0.3 is 0 Å². The second-order valence-electron chi connectivity index (χ2n) is 4.08. The highest BCUT2D eigenvalue weighted by molar-refractivity contribution is 5.81. The minimum absolute atomic E-state index is 0.764. The number of hydroxylamine groups is 1. The van der Waals surface area contributed by atoms with Crippen LogP contribution in [0.3, 0.4) is 0 Å². The average Bonchev–Trinajstić information content (AvgIpc) is 2.71. The van der Waals surface area contributed by atoms with Crippen LogP contribution in [-0.2, 0) is 0 Å². The summed E-state index contributed by atoms with van der Waals surface area (Å²) in [5.41, 5.74) is 3.72. The van der Waals surface area contributed by atoms with Crippen LogP contribution in [0.5, 0.6) is 5.75 Å². The van der Waals surface area contributed by atoms with E-state index in [1.807, 2.05) is 24.3 Å². The first-order valence-corrected chi connectivity index (χ1v) is 6.01. The molecular weight excluding hydrogens is 216 g/mol. The summed E-state index contributed by atoms with van der Waals surface area (Å²) >= 11 is 0. The molecule has 0 fully saturated rings. The van der Waals surface area contributed by atoms with E-state index in [4.69, 9.17) is 4.84 Å². The summed E-state index contributed by atoms with van der Waals surface area (Å²) in [6.45, 7) is 3.03. The van der Waals surface area contributed by atoms with Crippen molar-refractivity contribution >= 4 is 10.9 Å². The fourth-order valence-corrected chi connectivity index (χ4v) is 1.75. The third-order valence-corrected chi connectivity index (χ3v) is 2.71. The maximum atomic E-state index is 9.44. The second kappa shape index (κ2) is 5.59. The maximum Gasteiger partial charge on any atom is 0.147 e. The predicted octanol–water partition coefficient (Wildman–Crippen LogP) is 2.95. The van der Waals surface area contributed by atoms with Crippen LogP contribution >= 0.6 is 0 Å². The summed E-state index contributed by atoms with van der Waals surface area (Å²) in [5, 5.41) is 10.4. The summed E-state index contributed by atoms with van der Waals surface area (Å²) in [4.78, 5) is 5.43. The normalized spacial score (nSPS) is 10.9. The Balaban J connectivity index is 1.91. The van der Waals surface area contributed by atoms with E-state index in [0.29, 0.717) is 0 Å². The molecule has 0 aliphatic heterocycles. The van der Waals surface area contributed by atoms with Gasteiger partial charge in [-0.3, -0.25) is 0 Å². The van der Waals surface area contributed by atoms with E-state index in [2.05, 4.69) is 12.4 Å². The number of aromatic nitrogens is 1. The van der Waals surface area contributed by atoms with Crippen LogP contribution in [0.15, 0.2) is 30.5 Å². The highest BCUT2D eigenvalue weighted by Crippen LogP contribution is 2.20. The molecule has 1 heterocycles. The summed E-state index contributed by atoms with van der Waals surface area (Å²) in [6.07, 6.45) is 5.15. The lowest BCUT2D eigenvalue weighted by molar-refractivity contribution is 0.193. The van der Waals surface area contributed by atoms with Crippen molar-refractivity contribution in [2.75, 3.05) is 6.54 Å². The highest BCUT2D eigenvalue weighted by Gasteiger charge is 2.01. The third kappa shape index (κ3) is 2.91. The van der Waals surface area contributed by atoms with Gasteiger partial charge in [-0.25, -0.2) is 0 Å². The molecule has 4 nitrogen and oxygen atoms in total. The number of nitrogens with one attached hydrogen (secondary N) is 1. The van der Waals surface area contributed by atoms with Gasteiger partial charge in [0.05, 0.1) is 5.52 Å². The van der Waals surface area contributed by atoms with Crippen LogP contribution in [0.25, 0.3) is 10.9 Å². The Hall–Kier alpha value is -1.68. The fraction of sp³-hybridized carbons (Fsp3) is 0.385. The quantitative estimate of drug-likeness (QED) is 0.459. The van der Waals surface area contributed by atoms with Gasteiger partial charge in [-0.15, -0.1) is 0 Å². The van der Waals surface area contributed by atoms with Crippen LogP contribution in [0.2, 0.25) is 0 Å². The van der Waals surface area contributed by atoms with Crippen molar-refractivity contribution in [2.24, 2.45) is 0 Å². The average molecular weight is 234 g/mol. The first kappa shape index (κ1) is 11.8. The summed E-state index contributed by atoms with van der Waals surface area (Å²) in [7, 11) is 0. The van der Waals surface area contributed by atoms with Crippen molar-refractivity contribution in [1.29, 1.82) is 0 Å². The Morgan fingerprint density at radius 2 is 2.18 bits per heavy atom. The lowest BCUT2D eigenvalue weighted by Crippen LogP contribution is -2.19. The van der Waals surface area contributed by atoms with Crippen LogP contribution in [-0.4, -0.2) is 16.5 Å². The number of hydrogen-bond donors (Lipinski definition) is 2. The molecule has 0 radical (unpaired) electrons. The Morgan fingerprint density at radius 1 is 1.29 bits per heavy atom. The van der Waals surface area contributed by atoms with Crippen LogP contribution < -0.4 is 10.3 Å². The zero-order valence-electron chi connectivity index (χ0n) is 10.0. The maximum absolute atomic E-state index is 9.44. The van der Waals surface area contributed by atoms with Gasteiger partial charge in [-0.1, -0.05) is 19.8 Å². The van der Waals surface area contributed by atoms with Gasteiger partial charge in [0, 0.05) is 18.1 Å². The molecule has 4 heteroatoms. The van der Waals surface area contributed by atoms with E-state index in [1.54, 1.807) is 6.20 Å². The van der Waals surface area contributed by atoms with Gasteiger partial charge in [0.25, 0.3) is 0 Å². The Labute approximate surface area is 101 Å². The Bertz CT molecular complexity index is 479. The van der Waals surface area contributed by atoms with Gasteiger partial charge in [-0.2, -0.15) is 10.2 Å². The molecule has 2 N–H and O–H groups in total. The van der Waals surface area contributed by atoms with E-state index in [-0.39, 0.29) is 0 Å². The second-order valence-corrected chi connectivity index (χ2v) is 4.08. The Kier molecular flexibility index (Phi) is 3.88. The molecule has 1 aromatic carbocycles. The number of nitrogens with zero attached hydrogens (tertiary/aromatic N) is 1. The van der Waals surface area contributed by atoms with Crippen molar-refractivity contribution in [2.45, 2.75) is 26.2 Å². The summed E-state index contributed by atoms with van der Waals surface area (Å²) < 4.78 is 1.10. The van der Waals surface area contributed by atoms with Gasteiger partial charge in [0.1, 0.15) is 5.75 Å². The lowest BCUT2D eigenvalue weighted by Gasteiger charge is -2.06. The molecule has 0 aliphatic carbocycles. The van der Waals surface area contributed by atoms with E-state index in [0.717, 1.165) is 34.3 Å². The monoisotopic (exact) mass is 234 g/mol. The van der Waals surface area contributed by atoms with E-state index < -0.39 is 0 Å². The number of rotatable bonds is 6. The zero-order chi connectivity index (χ0) is 12.1. The van der Waals surface area contributed by atoms with Gasteiger partial charge in [0.15, 0.2) is 0 Å². The largest absolute Gasteiger partial charge is 0.428 e. The SMILES string of the molecule is CCCCCNOc1ccc2c(ccn2O)c1. The van der Waals surface area contributed by atoms with Crippen molar-refractivity contribution in [3.63, 3.8) is 0 Å². The topological polar surface area (TPSA) is 46.4 Å². The molecule has 0 aliphatic rings. The van der Waals surface area contributed by atoms with Gasteiger partial charge in [0.2, 0.25) is 0 Å². The van der Waals surface area contributed by atoms with E-state index >= 15 is 0 Å². The van der Waals surface area contributed by atoms with Crippen LogP contribution in [0.4, 0.5) is 0 Å². The van der Waals surface area contributed by atoms with Gasteiger partial charge in [-0.05, 0) is 30.7 Å². The molecule has 0 spiro atoms. The van der Waals surface area contributed by atoms with Crippen LogP contribution in [0, 0.1) is 0 Å². The molecule has 0 unspecified atom stereocenters. The fourth-order valence-electron chi connectivity index (χ4n) is 1.75. The number of fused-ring (bicyclic) bond motifs is 1. The number of unbranched alkanes of at least 4 members (excludes halogenated alkanes) is 2. The minimum Gasteiger partial charge on any atom is -0.428 e. The lowest BCUT2D eigenvalue weighted by atomic mass is 10.2. The molecule has 0 atom stereocenters. The molecule has 0 bridgehead atoms. The molecule has 17 heavy (non-hydrogen) atoms. The summed E-state index contributed by atoms with van der Waals surface area (Å²) in [5.74, 6) is 0.764. The number of hydrogen-bond acceptors (Lipinski definition) is 3. The third-order valence-electron chi connectivity index (χ3n) is 2.71. The summed E-state index contributed by atoms with van der Waals surface area (Å²) in [6, 6.07) is 7.41. The van der Waals surface area contributed by atoms with E-state index in [1.165, 1.54) is 12.8 Å². The first-order chi connectivity index (χ1) is 8.31. The highest BCUT2D eigenvalue weighted by atomic mass is 16.6. The number of benzene rings is 1. The molecule has 0 saturated heterocycles. The van der Waals surface area contributed by atoms with Crippen molar-refractivity contribution in [3.05, 3.63) is 30.5 Å². The minimum atomic E-state index is 0.764. The Morgan fingerprint density at radius 3 is 3.00 bits per heavy atom. The smallest absolute Gasteiger partial charge is 0.147 e. The molecule has 1 aromatic heterocycles. The molecule has 2 aromatic rings. The van der Waals surface area contributed by atoms with E-state index in [9.17, 15) is 5.21 Å². The van der Waals surface area contributed by atoms with Crippen molar-refractivity contribution < 1.29 is 10.0 Å².